The molecular weight excluding hydrogens is 269 g/mol. The molecule has 2 N–H and O–H groups in total. The number of hydrogen-bond donors (Lipinski definition) is 2. The van der Waals surface area contributed by atoms with Crippen molar-refractivity contribution in [3.8, 4) is 0 Å². The summed E-state index contributed by atoms with van der Waals surface area (Å²) in [5.74, 6) is 0.371. The average Bonchev–Trinajstić information content (AvgIpc) is 2.41. The molecular formula is C14H27F3N2O. The molecule has 0 saturated carbocycles. The van der Waals surface area contributed by atoms with Crippen molar-refractivity contribution < 1.29 is 18.3 Å². The van der Waals surface area contributed by atoms with Gasteiger partial charge in [0, 0.05) is 31.8 Å². The van der Waals surface area contributed by atoms with Crippen LogP contribution >= 0.6 is 0 Å². The Kier molecular flexibility index (Phi) is 7.26. The Balaban J connectivity index is 2.54. The molecule has 120 valence electrons. The van der Waals surface area contributed by atoms with E-state index in [2.05, 4.69) is 24.1 Å². The summed E-state index contributed by atoms with van der Waals surface area (Å²) in [5.41, 5.74) is 0. The van der Waals surface area contributed by atoms with Crippen molar-refractivity contribution in [2.75, 3.05) is 26.2 Å². The van der Waals surface area contributed by atoms with Gasteiger partial charge in [-0.3, -0.25) is 4.90 Å². The molecule has 3 nitrogen and oxygen atoms in total. The number of rotatable bonds is 7. The van der Waals surface area contributed by atoms with E-state index < -0.39 is 12.7 Å². The van der Waals surface area contributed by atoms with Crippen LogP contribution < -0.4 is 5.32 Å². The van der Waals surface area contributed by atoms with Crippen molar-refractivity contribution in [1.82, 2.24) is 10.2 Å². The molecule has 0 aromatic heterocycles. The van der Waals surface area contributed by atoms with Crippen molar-refractivity contribution in [2.45, 2.75) is 57.8 Å². The highest BCUT2D eigenvalue weighted by atomic mass is 19.4. The smallest absolute Gasteiger partial charge is 0.396 e. The minimum absolute atomic E-state index is 0.108. The molecule has 20 heavy (non-hydrogen) atoms. The summed E-state index contributed by atoms with van der Waals surface area (Å²) >= 11 is 0. The van der Waals surface area contributed by atoms with Crippen LogP contribution in [0.5, 0.6) is 0 Å². The summed E-state index contributed by atoms with van der Waals surface area (Å²) in [6.07, 6.45) is -0.778. The molecule has 1 aliphatic rings. The maximum Gasteiger partial charge on any atom is 0.401 e. The summed E-state index contributed by atoms with van der Waals surface area (Å²) in [6.45, 7) is 5.06. The number of alkyl halides is 3. The summed E-state index contributed by atoms with van der Waals surface area (Å²) in [6, 6.07) is 0.283. The zero-order valence-corrected chi connectivity index (χ0v) is 12.4. The molecule has 0 aromatic rings. The second kappa shape index (κ2) is 8.20. The molecule has 0 aromatic carbocycles. The first-order valence-electron chi connectivity index (χ1n) is 7.50. The second-order valence-electron chi connectivity index (χ2n) is 5.87. The Bertz CT molecular complexity index is 274. The Morgan fingerprint density at radius 3 is 2.60 bits per heavy atom. The number of halogens is 3. The third-order valence-corrected chi connectivity index (χ3v) is 4.14. The first-order chi connectivity index (χ1) is 9.35. The number of likely N-dealkylation sites (tertiary alicyclic amines) is 1. The van der Waals surface area contributed by atoms with E-state index in [0.717, 1.165) is 32.2 Å². The van der Waals surface area contributed by atoms with Gasteiger partial charge in [0.1, 0.15) is 0 Å². The van der Waals surface area contributed by atoms with E-state index in [-0.39, 0.29) is 12.6 Å². The van der Waals surface area contributed by atoms with Crippen LogP contribution in [0.1, 0.15) is 39.5 Å². The van der Waals surface area contributed by atoms with Gasteiger partial charge in [-0.05, 0) is 38.5 Å². The largest absolute Gasteiger partial charge is 0.401 e. The van der Waals surface area contributed by atoms with Gasteiger partial charge >= 0.3 is 6.18 Å². The molecule has 1 fully saturated rings. The van der Waals surface area contributed by atoms with E-state index in [1.54, 1.807) is 0 Å². The Labute approximate surface area is 119 Å². The van der Waals surface area contributed by atoms with E-state index in [4.69, 9.17) is 5.11 Å². The lowest BCUT2D eigenvalue weighted by atomic mass is 9.89. The molecule has 0 radical (unpaired) electrons. The van der Waals surface area contributed by atoms with Crippen LogP contribution in [0.15, 0.2) is 0 Å². The number of hydrogen-bond acceptors (Lipinski definition) is 3. The highest BCUT2D eigenvalue weighted by Gasteiger charge is 2.32. The number of aliphatic hydroxyl groups is 1. The molecule has 0 amide bonds. The highest BCUT2D eigenvalue weighted by Crippen LogP contribution is 2.24. The number of aliphatic hydroxyl groups excluding tert-OH is 1. The zero-order chi connectivity index (χ0) is 15.2. The van der Waals surface area contributed by atoms with Gasteiger partial charge in [0.2, 0.25) is 0 Å². The number of piperidine rings is 1. The third kappa shape index (κ3) is 6.41. The van der Waals surface area contributed by atoms with E-state index in [1.807, 2.05) is 0 Å². The lowest BCUT2D eigenvalue weighted by Gasteiger charge is -2.41. The van der Waals surface area contributed by atoms with Crippen LogP contribution in [-0.4, -0.2) is 54.5 Å². The Hall–Kier alpha value is -0.330. The maximum atomic E-state index is 12.3. The van der Waals surface area contributed by atoms with E-state index >= 15 is 0 Å². The van der Waals surface area contributed by atoms with Gasteiger partial charge < -0.3 is 10.4 Å². The van der Waals surface area contributed by atoms with Gasteiger partial charge in [0.25, 0.3) is 0 Å². The molecule has 0 bridgehead atoms. The van der Waals surface area contributed by atoms with Crippen molar-refractivity contribution in [3.05, 3.63) is 0 Å². The zero-order valence-electron chi connectivity index (χ0n) is 12.4. The van der Waals surface area contributed by atoms with Crippen molar-refractivity contribution >= 4 is 0 Å². The Morgan fingerprint density at radius 2 is 2.05 bits per heavy atom. The number of nitrogens with zero attached hydrogens (tertiary/aromatic N) is 1. The summed E-state index contributed by atoms with van der Waals surface area (Å²) in [7, 11) is 0. The molecule has 6 heteroatoms. The van der Waals surface area contributed by atoms with Crippen molar-refractivity contribution in [2.24, 2.45) is 5.92 Å². The van der Waals surface area contributed by atoms with Crippen LogP contribution in [0.2, 0.25) is 0 Å². The highest BCUT2D eigenvalue weighted by molar-refractivity contribution is 4.86. The SMILES string of the molecule is CCC(C)N1CC(CCCO)CC(NCC(F)(F)F)C1. The fourth-order valence-electron chi connectivity index (χ4n) is 2.86. The minimum atomic E-state index is -4.15. The first-order valence-corrected chi connectivity index (χ1v) is 7.50. The summed E-state index contributed by atoms with van der Waals surface area (Å²) < 4.78 is 37.0. The molecule has 1 rings (SSSR count). The molecule has 1 aliphatic heterocycles. The van der Waals surface area contributed by atoms with Gasteiger partial charge in [0.05, 0.1) is 6.54 Å². The average molecular weight is 296 g/mol. The fraction of sp³-hybridized carbons (Fsp3) is 1.00. The van der Waals surface area contributed by atoms with Crippen molar-refractivity contribution in [1.29, 1.82) is 0 Å². The summed E-state index contributed by atoms with van der Waals surface area (Å²) in [5, 5.41) is 11.6. The van der Waals surface area contributed by atoms with Gasteiger partial charge in [-0.2, -0.15) is 13.2 Å². The van der Waals surface area contributed by atoms with Crippen LogP contribution in [0.25, 0.3) is 0 Å². The fourth-order valence-corrected chi connectivity index (χ4v) is 2.86. The van der Waals surface area contributed by atoms with Gasteiger partial charge in [-0.1, -0.05) is 6.92 Å². The standard InChI is InChI=1S/C14H27F3N2O/c1-3-11(2)19-8-12(5-4-6-20)7-13(9-19)18-10-14(15,16)17/h11-13,18,20H,3-10H2,1-2H3. The monoisotopic (exact) mass is 296 g/mol. The van der Waals surface area contributed by atoms with Crippen LogP contribution in [0.4, 0.5) is 13.2 Å². The molecule has 0 aliphatic carbocycles. The molecule has 3 atom stereocenters. The lowest BCUT2D eigenvalue weighted by Crippen LogP contribution is -2.53. The first kappa shape index (κ1) is 17.7. The third-order valence-electron chi connectivity index (χ3n) is 4.14. The molecule has 3 unspecified atom stereocenters. The van der Waals surface area contributed by atoms with Gasteiger partial charge in [-0.15, -0.1) is 0 Å². The van der Waals surface area contributed by atoms with Crippen molar-refractivity contribution in [3.63, 3.8) is 0 Å². The van der Waals surface area contributed by atoms with Gasteiger partial charge in [-0.25, -0.2) is 0 Å². The van der Waals surface area contributed by atoms with E-state index in [9.17, 15) is 13.2 Å². The van der Waals surface area contributed by atoms with Gasteiger partial charge in [0.15, 0.2) is 0 Å². The Morgan fingerprint density at radius 1 is 1.35 bits per heavy atom. The van der Waals surface area contributed by atoms with Crippen LogP contribution in [0.3, 0.4) is 0 Å². The quantitative estimate of drug-likeness (QED) is 0.757. The molecule has 1 saturated heterocycles. The summed E-state index contributed by atoms with van der Waals surface area (Å²) in [4.78, 5) is 2.28. The molecule has 1 heterocycles. The predicted molar refractivity (Wildman–Crippen MR) is 73.6 cm³/mol. The number of nitrogens with one attached hydrogen (secondary N) is 1. The van der Waals surface area contributed by atoms with Crippen LogP contribution in [-0.2, 0) is 0 Å². The predicted octanol–water partition coefficient (Wildman–Crippen LogP) is 2.40. The van der Waals surface area contributed by atoms with E-state index in [1.165, 1.54) is 0 Å². The minimum Gasteiger partial charge on any atom is -0.396 e. The maximum absolute atomic E-state index is 12.3. The molecule has 0 spiro atoms. The topological polar surface area (TPSA) is 35.5 Å². The van der Waals surface area contributed by atoms with E-state index in [0.29, 0.717) is 18.5 Å². The van der Waals surface area contributed by atoms with Crippen LogP contribution in [0, 0.1) is 5.92 Å². The lowest BCUT2D eigenvalue weighted by molar-refractivity contribution is -0.127. The normalized spacial score (nSPS) is 26.7. The second-order valence-corrected chi connectivity index (χ2v) is 5.87.